The fraction of sp³-hybridized carbons (Fsp3) is 0.688. The van der Waals surface area contributed by atoms with Gasteiger partial charge in [0.15, 0.2) is 6.61 Å². The lowest BCUT2D eigenvalue weighted by Crippen LogP contribution is -2.22. The Kier molecular flexibility index (Phi) is 6.10. The molecular weight excluding hydrogens is 307 g/mol. The number of nitrogens with one attached hydrogen (secondary N) is 1. The number of alkyl halides is 3. The van der Waals surface area contributed by atoms with Crippen LogP contribution in [0.1, 0.15) is 43.4 Å². The van der Waals surface area contributed by atoms with Crippen molar-refractivity contribution in [2.24, 2.45) is 7.05 Å². The third-order valence-electron chi connectivity index (χ3n) is 3.97. The Morgan fingerprint density at radius 2 is 2.13 bits per heavy atom. The van der Waals surface area contributed by atoms with Crippen LogP contribution in [0, 0.1) is 6.92 Å². The molecule has 0 aliphatic heterocycles. The second-order valence-corrected chi connectivity index (χ2v) is 5.93. The Labute approximate surface area is 134 Å². The molecule has 0 bridgehead atoms. The van der Waals surface area contributed by atoms with Crippen molar-refractivity contribution in [1.82, 2.24) is 15.1 Å². The summed E-state index contributed by atoms with van der Waals surface area (Å²) in [5.41, 5.74) is 2.85. The van der Waals surface area contributed by atoms with Gasteiger partial charge in [-0.2, -0.15) is 18.3 Å². The zero-order valence-corrected chi connectivity index (χ0v) is 13.7. The fourth-order valence-corrected chi connectivity index (χ4v) is 2.81. The maximum absolute atomic E-state index is 12.3. The van der Waals surface area contributed by atoms with E-state index in [4.69, 9.17) is 4.74 Å². The van der Waals surface area contributed by atoms with E-state index in [9.17, 15) is 13.2 Å². The Morgan fingerprint density at radius 1 is 1.35 bits per heavy atom. The molecule has 1 aromatic heterocycles. The van der Waals surface area contributed by atoms with Gasteiger partial charge in [-0.15, -0.1) is 0 Å². The summed E-state index contributed by atoms with van der Waals surface area (Å²) in [5, 5.41) is 7.44. The van der Waals surface area contributed by atoms with Gasteiger partial charge in [0.2, 0.25) is 5.88 Å². The summed E-state index contributed by atoms with van der Waals surface area (Å²) in [6, 6.07) is 0. The third kappa shape index (κ3) is 5.57. The third-order valence-corrected chi connectivity index (χ3v) is 3.97. The summed E-state index contributed by atoms with van der Waals surface area (Å²) >= 11 is 0. The smallest absolute Gasteiger partial charge is 0.422 e. The molecule has 0 fully saturated rings. The van der Waals surface area contributed by atoms with Gasteiger partial charge in [-0.3, -0.25) is 0 Å². The molecule has 130 valence electrons. The molecule has 1 aromatic rings. The predicted octanol–water partition coefficient (Wildman–Crippen LogP) is 3.65. The second-order valence-electron chi connectivity index (χ2n) is 5.93. The molecule has 0 atom stereocenters. The van der Waals surface area contributed by atoms with Crippen LogP contribution in [0.4, 0.5) is 13.2 Å². The standard InChI is InChI=1S/C16H24F3N3O/c1-12-14(10-20-9-8-13-6-4-3-5-7-13)15(22(2)21-12)23-11-16(17,18)19/h6,20H,3-5,7-11H2,1-2H3. The summed E-state index contributed by atoms with van der Waals surface area (Å²) in [6.07, 6.45) is 3.78. The van der Waals surface area contributed by atoms with E-state index in [2.05, 4.69) is 16.5 Å². The number of allylic oxidation sites excluding steroid dienone is 1. The van der Waals surface area contributed by atoms with Gasteiger partial charge >= 0.3 is 6.18 Å². The minimum Gasteiger partial charge on any atom is -0.468 e. The molecule has 1 aliphatic carbocycles. The summed E-state index contributed by atoms with van der Waals surface area (Å²) in [5.74, 6) is 0.184. The molecule has 0 amide bonds. The number of nitrogens with zero attached hydrogens (tertiary/aromatic N) is 2. The highest BCUT2D eigenvalue weighted by atomic mass is 19.4. The SMILES string of the molecule is Cc1nn(C)c(OCC(F)(F)F)c1CNCCC1=CCCCC1. The molecule has 2 rings (SSSR count). The maximum Gasteiger partial charge on any atom is 0.422 e. The van der Waals surface area contributed by atoms with Crippen LogP contribution < -0.4 is 10.1 Å². The van der Waals surface area contributed by atoms with E-state index in [0.717, 1.165) is 25.8 Å². The van der Waals surface area contributed by atoms with Crippen LogP contribution >= 0.6 is 0 Å². The van der Waals surface area contributed by atoms with Crippen molar-refractivity contribution in [3.05, 3.63) is 22.9 Å². The minimum absolute atomic E-state index is 0.184. The van der Waals surface area contributed by atoms with E-state index in [0.29, 0.717) is 17.8 Å². The first-order valence-corrected chi connectivity index (χ1v) is 7.97. The average Bonchev–Trinajstić information content (AvgIpc) is 2.75. The number of aryl methyl sites for hydroxylation is 2. The van der Waals surface area contributed by atoms with Gasteiger partial charge in [-0.1, -0.05) is 11.6 Å². The van der Waals surface area contributed by atoms with Crippen molar-refractivity contribution in [2.45, 2.75) is 51.7 Å². The summed E-state index contributed by atoms with van der Waals surface area (Å²) in [6.45, 7) is 1.74. The lowest BCUT2D eigenvalue weighted by Gasteiger charge is -2.14. The highest BCUT2D eigenvalue weighted by Crippen LogP contribution is 2.24. The molecule has 0 spiro atoms. The van der Waals surface area contributed by atoms with Crippen LogP contribution in [0.3, 0.4) is 0 Å². The lowest BCUT2D eigenvalue weighted by molar-refractivity contribution is -0.154. The zero-order chi connectivity index (χ0) is 16.9. The first-order chi connectivity index (χ1) is 10.9. The molecule has 0 unspecified atom stereocenters. The highest BCUT2D eigenvalue weighted by molar-refractivity contribution is 5.30. The van der Waals surface area contributed by atoms with Gasteiger partial charge in [0.25, 0.3) is 0 Å². The first kappa shape index (κ1) is 17.8. The molecule has 0 saturated heterocycles. The molecule has 1 N–H and O–H groups in total. The Morgan fingerprint density at radius 3 is 2.78 bits per heavy atom. The first-order valence-electron chi connectivity index (χ1n) is 7.97. The summed E-state index contributed by atoms with van der Waals surface area (Å²) in [4.78, 5) is 0. The van der Waals surface area contributed by atoms with Crippen LogP contribution in [-0.2, 0) is 13.6 Å². The molecule has 7 heteroatoms. The van der Waals surface area contributed by atoms with E-state index in [1.54, 1.807) is 14.0 Å². The van der Waals surface area contributed by atoms with E-state index in [1.807, 2.05) is 0 Å². The largest absolute Gasteiger partial charge is 0.468 e. The van der Waals surface area contributed by atoms with Crippen LogP contribution in [0.2, 0.25) is 0 Å². The molecule has 0 aromatic carbocycles. The van der Waals surface area contributed by atoms with Crippen molar-refractivity contribution in [3.8, 4) is 5.88 Å². The highest BCUT2D eigenvalue weighted by Gasteiger charge is 2.30. The van der Waals surface area contributed by atoms with E-state index in [-0.39, 0.29) is 5.88 Å². The van der Waals surface area contributed by atoms with Crippen molar-refractivity contribution >= 4 is 0 Å². The fourth-order valence-electron chi connectivity index (χ4n) is 2.81. The molecule has 4 nitrogen and oxygen atoms in total. The van der Waals surface area contributed by atoms with Crippen LogP contribution in [0.5, 0.6) is 5.88 Å². The van der Waals surface area contributed by atoms with Gasteiger partial charge < -0.3 is 10.1 Å². The minimum atomic E-state index is -4.35. The molecule has 0 radical (unpaired) electrons. The van der Waals surface area contributed by atoms with Gasteiger partial charge in [0.1, 0.15) is 0 Å². The van der Waals surface area contributed by atoms with E-state index < -0.39 is 12.8 Å². The quantitative estimate of drug-likeness (QED) is 0.612. The van der Waals surface area contributed by atoms with Crippen molar-refractivity contribution in [3.63, 3.8) is 0 Å². The number of rotatable bonds is 7. The number of ether oxygens (including phenoxy) is 1. The monoisotopic (exact) mass is 331 g/mol. The second kappa shape index (κ2) is 7.86. The lowest BCUT2D eigenvalue weighted by atomic mass is 9.97. The number of hydrogen-bond donors (Lipinski definition) is 1. The molecule has 1 heterocycles. The average molecular weight is 331 g/mol. The topological polar surface area (TPSA) is 39.1 Å². The molecule has 1 aliphatic rings. The van der Waals surface area contributed by atoms with Crippen LogP contribution in [0.25, 0.3) is 0 Å². The normalized spacial score (nSPS) is 15.6. The molecular formula is C16H24F3N3O. The van der Waals surface area contributed by atoms with Crippen molar-refractivity contribution in [1.29, 1.82) is 0 Å². The van der Waals surface area contributed by atoms with Crippen molar-refractivity contribution in [2.75, 3.05) is 13.2 Å². The van der Waals surface area contributed by atoms with Crippen LogP contribution in [-0.4, -0.2) is 29.1 Å². The van der Waals surface area contributed by atoms with Gasteiger partial charge in [0.05, 0.1) is 11.3 Å². The van der Waals surface area contributed by atoms with E-state index >= 15 is 0 Å². The Hall–Kier alpha value is -1.50. The number of hydrogen-bond acceptors (Lipinski definition) is 3. The van der Waals surface area contributed by atoms with Gasteiger partial charge in [-0.05, 0) is 45.6 Å². The Balaban J connectivity index is 1.87. The number of aromatic nitrogens is 2. The molecule has 23 heavy (non-hydrogen) atoms. The predicted molar refractivity (Wildman–Crippen MR) is 82.4 cm³/mol. The van der Waals surface area contributed by atoms with Crippen LogP contribution in [0.15, 0.2) is 11.6 Å². The van der Waals surface area contributed by atoms with E-state index in [1.165, 1.54) is 23.1 Å². The number of halogens is 3. The molecule has 0 saturated carbocycles. The summed E-state index contributed by atoms with van der Waals surface area (Å²) in [7, 11) is 1.59. The van der Waals surface area contributed by atoms with Gasteiger partial charge in [0, 0.05) is 13.6 Å². The summed E-state index contributed by atoms with van der Waals surface area (Å²) < 4.78 is 43.3. The Bertz CT molecular complexity index is 550. The zero-order valence-electron chi connectivity index (χ0n) is 13.7. The van der Waals surface area contributed by atoms with Crippen molar-refractivity contribution < 1.29 is 17.9 Å². The maximum atomic E-state index is 12.3. The van der Waals surface area contributed by atoms with Gasteiger partial charge in [-0.25, -0.2) is 4.68 Å².